The van der Waals surface area contributed by atoms with Crippen LogP contribution in [0.5, 0.6) is 5.75 Å². The summed E-state index contributed by atoms with van der Waals surface area (Å²) >= 11 is 0. The van der Waals surface area contributed by atoms with Gasteiger partial charge in [0.2, 0.25) is 0 Å². The zero-order valence-corrected chi connectivity index (χ0v) is 18.1. The molecule has 2 aromatic rings. The minimum atomic E-state index is -0.591. The van der Waals surface area contributed by atoms with E-state index in [0.29, 0.717) is 25.4 Å². The van der Waals surface area contributed by atoms with Crippen molar-refractivity contribution >= 4 is 5.91 Å². The van der Waals surface area contributed by atoms with Gasteiger partial charge in [-0.2, -0.15) is 0 Å². The Morgan fingerprint density at radius 2 is 1.86 bits per heavy atom. The van der Waals surface area contributed by atoms with Crippen molar-refractivity contribution in [1.82, 2.24) is 10.2 Å². The van der Waals surface area contributed by atoms with Gasteiger partial charge in [-0.25, -0.2) is 0 Å². The molecule has 158 valence electrons. The highest BCUT2D eigenvalue weighted by molar-refractivity contribution is 5.81. The second-order valence-corrected chi connectivity index (χ2v) is 7.57. The number of carbonyl (C=O) groups excluding carboxylic acids is 1. The third-order valence-corrected chi connectivity index (χ3v) is 4.74. The van der Waals surface area contributed by atoms with Crippen molar-refractivity contribution in [2.45, 2.75) is 45.9 Å². The molecule has 0 aromatic heterocycles. The maximum atomic E-state index is 12.9. The van der Waals surface area contributed by atoms with Gasteiger partial charge >= 0.3 is 0 Å². The predicted molar refractivity (Wildman–Crippen MR) is 117 cm³/mol. The molecule has 0 fully saturated rings. The van der Waals surface area contributed by atoms with Crippen molar-refractivity contribution in [3.8, 4) is 5.75 Å². The predicted octanol–water partition coefficient (Wildman–Crippen LogP) is 3.81. The average Bonchev–Trinajstić information content (AvgIpc) is 2.70. The maximum Gasteiger partial charge on any atom is 0.262 e. The summed E-state index contributed by atoms with van der Waals surface area (Å²) in [6.45, 7) is 8.86. The monoisotopic (exact) mass is 398 g/mol. The molecule has 2 aromatic carbocycles. The largest absolute Gasteiger partial charge is 0.479 e. The van der Waals surface area contributed by atoms with Gasteiger partial charge in [-0.15, -0.1) is 0 Å². The Hall–Kier alpha value is -2.37. The van der Waals surface area contributed by atoms with Crippen LogP contribution in [0.2, 0.25) is 0 Å². The SMILES string of the molecule is COCCCNC(=O)C(CN(Cc1cccc(C)c1)C(C)C)Oc1ccccc1. The van der Waals surface area contributed by atoms with Gasteiger partial charge in [0, 0.05) is 39.4 Å². The van der Waals surface area contributed by atoms with Crippen molar-refractivity contribution in [3.05, 3.63) is 65.7 Å². The van der Waals surface area contributed by atoms with Crippen LogP contribution in [-0.2, 0) is 16.1 Å². The Kier molecular flexibility index (Phi) is 9.68. The van der Waals surface area contributed by atoms with E-state index < -0.39 is 6.10 Å². The smallest absolute Gasteiger partial charge is 0.262 e. The van der Waals surface area contributed by atoms with E-state index in [1.54, 1.807) is 7.11 Å². The molecule has 0 spiro atoms. The summed E-state index contributed by atoms with van der Waals surface area (Å²) in [7, 11) is 1.66. The summed E-state index contributed by atoms with van der Waals surface area (Å²) in [5.74, 6) is 0.601. The van der Waals surface area contributed by atoms with Crippen molar-refractivity contribution < 1.29 is 14.3 Å². The number of nitrogens with one attached hydrogen (secondary N) is 1. The number of methoxy groups -OCH3 is 1. The van der Waals surface area contributed by atoms with Gasteiger partial charge in [-0.05, 0) is 44.9 Å². The Bertz CT molecular complexity index is 734. The Morgan fingerprint density at radius 3 is 2.52 bits per heavy atom. The van der Waals surface area contributed by atoms with E-state index >= 15 is 0 Å². The molecule has 0 saturated carbocycles. The summed E-state index contributed by atoms with van der Waals surface area (Å²) < 4.78 is 11.2. The van der Waals surface area contributed by atoms with Gasteiger partial charge in [0.1, 0.15) is 5.75 Å². The van der Waals surface area contributed by atoms with Crippen LogP contribution >= 0.6 is 0 Å². The van der Waals surface area contributed by atoms with E-state index in [0.717, 1.165) is 13.0 Å². The van der Waals surface area contributed by atoms with Crippen LogP contribution in [0.1, 0.15) is 31.4 Å². The van der Waals surface area contributed by atoms with Gasteiger partial charge in [-0.3, -0.25) is 9.69 Å². The topological polar surface area (TPSA) is 50.8 Å². The average molecular weight is 399 g/mol. The Labute approximate surface area is 175 Å². The molecule has 0 bridgehead atoms. The first-order valence-electron chi connectivity index (χ1n) is 10.3. The van der Waals surface area contributed by atoms with Crippen LogP contribution in [0.15, 0.2) is 54.6 Å². The lowest BCUT2D eigenvalue weighted by atomic mass is 10.1. The molecule has 0 aliphatic carbocycles. The molecule has 0 saturated heterocycles. The Morgan fingerprint density at radius 1 is 1.10 bits per heavy atom. The summed E-state index contributed by atoms with van der Waals surface area (Å²) in [5.41, 5.74) is 2.47. The first-order chi connectivity index (χ1) is 14.0. The van der Waals surface area contributed by atoms with Gasteiger partial charge in [0.25, 0.3) is 5.91 Å². The van der Waals surface area contributed by atoms with Crippen molar-refractivity contribution in [2.75, 3.05) is 26.8 Å². The molecule has 0 aliphatic rings. The van der Waals surface area contributed by atoms with Crippen LogP contribution in [0.3, 0.4) is 0 Å². The maximum absolute atomic E-state index is 12.9. The summed E-state index contributed by atoms with van der Waals surface area (Å²) in [5, 5.41) is 2.98. The number of benzene rings is 2. The third-order valence-electron chi connectivity index (χ3n) is 4.74. The third kappa shape index (κ3) is 8.26. The van der Waals surface area contributed by atoms with Crippen molar-refractivity contribution in [2.24, 2.45) is 0 Å². The minimum Gasteiger partial charge on any atom is -0.479 e. The summed E-state index contributed by atoms with van der Waals surface area (Å²) in [6.07, 6.45) is 0.185. The standard InChI is InChI=1S/C24H34N2O3/c1-19(2)26(17-21-11-8-10-20(3)16-21)18-23(24(27)25-14-9-15-28-4)29-22-12-6-5-7-13-22/h5-8,10-13,16,19,23H,9,14-15,17-18H2,1-4H3,(H,25,27). The van der Waals surface area contributed by atoms with Crippen LogP contribution < -0.4 is 10.1 Å². The Balaban J connectivity index is 2.10. The van der Waals surface area contributed by atoms with Crippen LogP contribution in [-0.4, -0.2) is 49.8 Å². The molecule has 2 rings (SSSR count). The molecule has 0 aliphatic heterocycles. The summed E-state index contributed by atoms with van der Waals surface area (Å²) in [6, 6.07) is 18.3. The number of hydrogen-bond donors (Lipinski definition) is 1. The number of ether oxygens (including phenoxy) is 2. The molecule has 1 atom stereocenters. The van der Waals surface area contributed by atoms with Crippen LogP contribution in [0, 0.1) is 6.92 Å². The number of amides is 1. The molecule has 29 heavy (non-hydrogen) atoms. The number of carbonyl (C=O) groups is 1. The highest BCUT2D eigenvalue weighted by Gasteiger charge is 2.25. The quantitative estimate of drug-likeness (QED) is 0.553. The zero-order chi connectivity index (χ0) is 21.1. The van der Waals surface area contributed by atoms with Gasteiger partial charge in [0.05, 0.1) is 0 Å². The molecular formula is C24H34N2O3. The van der Waals surface area contributed by atoms with E-state index in [1.807, 2.05) is 30.3 Å². The van der Waals surface area contributed by atoms with Crippen LogP contribution in [0.25, 0.3) is 0 Å². The molecule has 1 amide bonds. The normalized spacial score (nSPS) is 12.2. The second-order valence-electron chi connectivity index (χ2n) is 7.57. The molecule has 0 heterocycles. The second kappa shape index (κ2) is 12.2. The number of hydrogen-bond acceptors (Lipinski definition) is 4. The molecule has 0 radical (unpaired) electrons. The van der Waals surface area contributed by atoms with E-state index in [1.165, 1.54) is 11.1 Å². The minimum absolute atomic E-state index is 0.0974. The molecule has 1 N–H and O–H groups in total. The number of rotatable bonds is 12. The highest BCUT2D eigenvalue weighted by atomic mass is 16.5. The molecule has 5 nitrogen and oxygen atoms in total. The highest BCUT2D eigenvalue weighted by Crippen LogP contribution is 2.15. The fourth-order valence-corrected chi connectivity index (χ4v) is 3.09. The lowest BCUT2D eigenvalue weighted by molar-refractivity contribution is -0.129. The van der Waals surface area contributed by atoms with Gasteiger partial charge in [0.15, 0.2) is 6.10 Å². The molecular weight excluding hydrogens is 364 g/mol. The van der Waals surface area contributed by atoms with Crippen LogP contribution in [0.4, 0.5) is 0 Å². The lowest BCUT2D eigenvalue weighted by Crippen LogP contribution is -2.48. The number of para-hydroxylation sites is 1. The van der Waals surface area contributed by atoms with Crippen molar-refractivity contribution in [3.63, 3.8) is 0 Å². The van der Waals surface area contributed by atoms with E-state index in [-0.39, 0.29) is 11.9 Å². The lowest BCUT2D eigenvalue weighted by Gasteiger charge is -2.30. The van der Waals surface area contributed by atoms with Crippen molar-refractivity contribution in [1.29, 1.82) is 0 Å². The number of nitrogens with zero attached hydrogens (tertiary/aromatic N) is 1. The molecule has 5 heteroatoms. The van der Waals surface area contributed by atoms with Gasteiger partial charge < -0.3 is 14.8 Å². The van der Waals surface area contributed by atoms with Gasteiger partial charge in [-0.1, -0.05) is 48.0 Å². The fraction of sp³-hybridized carbons (Fsp3) is 0.458. The molecule has 1 unspecified atom stereocenters. The van der Waals surface area contributed by atoms with E-state index in [4.69, 9.17) is 9.47 Å². The zero-order valence-electron chi connectivity index (χ0n) is 18.1. The first kappa shape index (κ1) is 22.9. The fourth-order valence-electron chi connectivity index (χ4n) is 3.09. The van der Waals surface area contributed by atoms with E-state index in [2.05, 4.69) is 55.3 Å². The number of aryl methyl sites for hydroxylation is 1. The first-order valence-corrected chi connectivity index (χ1v) is 10.3. The van der Waals surface area contributed by atoms with E-state index in [9.17, 15) is 4.79 Å². The summed E-state index contributed by atoms with van der Waals surface area (Å²) in [4.78, 5) is 15.1.